The summed E-state index contributed by atoms with van der Waals surface area (Å²) in [6.07, 6.45) is -0.201. The van der Waals surface area contributed by atoms with Crippen molar-refractivity contribution in [1.29, 1.82) is 0 Å². The molecule has 0 aromatic heterocycles. The van der Waals surface area contributed by atoms with E-state index in [4.69, 9.17) is 21.1 Å². The minimum absolute atomic E-state index is 0.164. The predicted molar refractivity (Wildman–Crippen MR) is 116 cm³/mol. The summed E-state index contributed by atoms with van der Waals surface area (Å²) in [5, 5.41) is 0.590. The molecule has 1 fully saturated rings. The van der Waals surface area contributed by atoms with Gasteiger partial charge in [0.15, 0.2) is 6.10 Å². The molecule has 4 rings (SSSR count). The minimum Gasteiger partial charge on any atom is -0.449 e. The van der Waals surface area contributed by atoms with Gasteiger partial charge in [-0.2, -0.15) is 0 Å². The number of esters is 2. The number of ether oxygens (including phenoxy) is 2. The fraction of sp³-hybridized carbons (Fsp3) is 0.167. The van der Waals surface area contributed by atoms with Gasteiger partial charge in [-0.3, -0.25) is 4.79 Å². The summed E-state index contributed by atoms with van der Waals surface area (Å²) in [7, 11) is 0. The minimum atomic E-state index is -1.42. The third-order valence-corrected chi connectivity index (χ3v) is 6.32. The quantitative estimate of drug-likeness (QED) is 0.455. The predicted octanol–water partition coefficient (Wildman–Crippen LogP) is 5.80. The van der Waals surface area contributed by atoms with Crippen LogP contribution in [-0.2, 0) is 19.1 Å². The van der Waals surface area contributed by atoms with Gasteiger partial charge in [-0.15, -0.1) is 0 Å². The fourth-order valence-corrected chi connectivity index (χ4v) is 4.53. The topological polar surface area (TPSA) is 52.6 Å². The van der Waals surface area contributed by atoms with Crippen LogP contribution < -0.4 is 0 Å². The molecule has 0 aliphatic carbocycles. The van der Waals surface area contributed by atoms with Crippen LogP contribution in [0.4, 0.5) is 0 Å². The van der Waals surface area contributed by atoms with E-state index in [1.165, 1.54) is 11.8 Å². The van der Waals surface area contributed by atoms with Crippen molar-refractivity contribution in [2.24, 2.45) is 0 Å². The van der Waals surface area contributed by atoms with Gasteiger partial charge < -0.3 is 9.47 Å². The maximum absolute atomic E-state index is 13.4. The summed E-state index contributed by atoms with van der Waals surface area (Å²) >= 11 is 7.14. The molecule has 3 aromatic carbocycles. The summed E-state index contributed by atoms with van der Waals surface area (Å²) in [5.74, 6) is -0.990. The van der Waals surface area contributed by atoms with Gasteiger partial charge in [-0.05, 0) is 35.4 Å². The highest BCUT2D eigenvalue weighted by Gasteiger charge is 2.50. The summed E-state index contributed by atoms with van der Waals surface area (Å²) in [6, 6.07) is 26.1. The number of cyclic esters (lactones) is 1. The van der Waals surface area contributed by atoms with Crippen molar-refractivity contribution in [2.75, 3.05) is 0 Å². The monoisotopic (exact) mass is 438 g/mol. The lowest BCUT2D eigenvalue weighted by Crippen LogP contribution is -2.37. The van der Waals surface area contributed by atoms with Crippen molar-refractivity contribution in [3.8, 4) is 0 Å². The average Bonchev–Trinajstić information content (AvgIpc) is 3.16. The number of hydrogen-bond donors (Lipinski definition) is 0. The molecule has 1 atom stereocenters. The maximum Gasteiger partial charge on any atom is 0.362 e. The van der Waals surface area contributed by atoms with Crippen molar-refractivity contribution in [3.05, 3.63) is 101 Å². The number of carbonyl (C=O) groups is 2. The highest BCUT2D eigenvalue weighted by atomic mass is 35.5. The molecule has 30 heavy (non-hydrogen) atoms. The van der Waals surface area contributed by atoms with E-state index in [0.717, 1.165) is 16.0 Å². The first-order chi connectivity index (χ1) is 14.6. The van der Waals surface area contributed by atoms with E-state index in [1.54, 1.807) is 24.3 Å². The van der Waals surface area contributed by atoms with Crippen molar-refractivity contribution in [1.82, 2.24) is 0 Å². The molecular weight excluding hydrogens is 420 g/mol. The molecule has 0 radical (unpaired) electrons. The standard InChI is InChI=1S/C24H19ClO4S/c25-19-11-13-20(14-12-19)30-24(16-15-21(26)29-24)23(27)28-22(17-7-3-1-4-8-17)18-9-5-2-6-10-18/h1-14,22H,15-16H2. The Morgan fingerprint density at radius 2 is 1.50 bits per heavy atom. The molecule has 0 saturated carbocycles. The van der Waals surface area contributed by atoms with Crippen molar-refractivity contribution < 1.29 is 19.1 Å². The fourth-order valence-electron chi connectivity index (χ4n) is 3.28. The first-order valence-electron chi connectivity index (χ1n) is 9.53. The van der Waals surface area contributed by atoms with Crippen LogP contribution in [0, 0.1) is 0 Å². The highest BCUT2D eigenvalue weighted by molar-refractivity contribution is 8.01. The molecular formula is C24H19ClO4S. The number of hydrogen-bond acceptors (Lipinski definition) is 5. The molecule has 152 valence electrons. The average molecular weight is 439 g/mol. The Morgan fingerprint density at radius 3 is 2.00 bits per heavy atom. The molecule has 4 nitrogen and oxygen atoms in total. The van der Waals surface area contributed by atoms with Gasteiger partial charge in [0.2, 0.25) is 0 Å². The molecule has 1 heterocycles. The molecule has 1 unspecified atom stereocenters. The van der Waals surface area contributed by atoms with Crippen molar-refractivity contribution in [2.45, 2.75) is 28.8 Å². The van der Waals surface area contributed by atoms with Crippen LogP contribution in [0.15, 0.2) is 89.8 Å². The largest absolute Gasteiger partial charge is 0.449 e. The van der Waals surface area contributed by atoms with Crippen LogP contribution in [0.1, 0.15) is 30.1 Å². The Balaban J connectivity index is 1.64. The van der Waals surface area contributed by atoms with Gasteiger partial charge in [0.05, 0.1) is 6.42 Å². The Morgan fingerprint density at radius 1 is 0.933 bits per heavy atom. The first kappa shape index (κ1) is 20.5. The second kappa shape index (κ2) is 8.94. The third kappa shape index (κ3) is 4.53. The number of halogens is 1. The Bertz CT molecular complexity index is 985. The first-order valence-corrected chi connectivity index (χ1v) is 10.7. The molecule has 0 N–H and O–H groups in total. The smallest absolute Gasteiger partial charge is 0.362 e. The summed E-state index contributed by atoms with van der Waals surface area (Å²) in [5.41, 5.74) is 1.68. The van der Waals surface area contributed by atoms with E-state index in [0.29, 0.717) is 5.02 Å². The third-order valence-electron chi connectivity index (χ3n) is 4.77. The Kier molecular flexibility index (Phi) is 6.11. The van der Waals surface area contributed by atoms with Crippen LogP contribution in [-0.4, -0.2) is 16.9 Å². The van der Waals surface area contributed by atoms with E-state index in [-0.39, 0.29) is 12.8 Å². The molecule has 1 aliphatic heterocycles. The molecule has 1 aliphatic rings. The number of rotatable bonds is 6. The van der Waals surface area contributed by atoms with Crippen LogP contribution in [0.5, 0.6) is 0 Å². The van der Waals surface area contributed by atoms with Gasteiger partial charge >= 0.3 is 11.9 Å². The second-order valence-corrected chi connectivity index (χ2v) is 8.66. The van der Waals surface area contributed by atoms with Crippen LogP contribution >= 0.6 is 23.4 Å². The highest BCUT2D eigenvalue weighted by Crippen LogP contribution is 2.44. The molecule has 0 bridgehead atoms. The van der Waals surface area contributed by atoms with E-state index < -0.39 is 23.0 Å². The van der Waals surface area contributed by atoms with Gasteiger partial charge in [0, 0.05) is 16.3 Å². The van der Waals surface area contributed by atoms with Gasteiger partial charge in [-0.1, -0.05) is 84.0 Å². The SMILES string of the molecule is O=C1CCC(Sc2ccc(Cl)cc2)(C(=O)OC(c2ccccc2)c2ccccc2)O1. The maximum atomic E-state index is 13.4. The van der Waals surface area contributed by atoms with Gasteiger partial charge in [0.1, 0.15) is 0 Å². The lowest BCUT2D eigenvalue weighted by molar-refractivity contribution is -0.167. The lowest BCUT2D eigenvalue weighted by Gasteiger charge is -2.28. The van der Waals surface area contributed by atoms with E-state index in [2.05, 4.69) is 0 Å². The molecule has 0 spiro atoms. The normalized spacial score (nSPS) is 18.3. The van der Waals surface area contributed by atoms with Crippen LogP contribution in [0.25, 0.3) is 0 Å². The van der Waals surface area contributed by atoms with Gasteiger partial charge in [0.25, 0.3) is 4.93 Å². The van der Waals surface area contributed by atoms with Crippen LogP contribution in [0.2, 0.25) is 5.02 Å². The second-order valence-electron chi connectivity index (χ2n) is 6.89. The number of benzene rings is 3. The Hall–Kier alpha value is -2.76. The molecule has 0 amide bonds. The zero-order chi connectivity index (χ0) is 21.0. The summed E-state index contributed by atoms with van der Waals surface area (Å²) in [4.78, 5) is 24.7. The Labute approximate surface area is 184 Å². The lowest BCUT2D eigenvalue weighted by atomic mass is 10.0. The van der Waals surface area contributed by atoms with E-state index in [1.807, 2.05) is 60.7 Å². The summed E-state index contributed by atoms with van der Waals surface area (Å²) in [6.45, 7) is 0. The van der Waals surface area contributed by atoms with Crippen molar-refractivity contribution >= 4 is 35.3 Å². The zero-order valence-electron chi connectivity index (χ0n) is 16.0. The molecule has 6 heteroatoms. The van der Waals surface area contributed by atoms with E-state index in [9.17, 15) is 9.59 Å². The number of thioether (sulfide) groups is 1. The summed E-state index contributed by atoms with van der Waals surface area (Å²) < 4.78 is 11.5. The zero-order valence-corrected chi connectivity index (χ0v) is 17.6. The molecule has 1 saturated heterocycles. The van der Waals surface area contributed by atoms with Gasteiger partial charge in [-0.25, -0.2) is 4.79 Å². The van der Waals surface area contributed by atoms with E-state index >= 15 is 0 Å². The van der Waals surface area contributed by atoms with Crippen LogP contribution in [0.3, 0.4) is 0 Å². The number of carbonyl (C=O) groups excluding carboxylic acids is 2. The van der Waals surface area contributed by atoms with Crippen molar-refractivity contribution in [3.63, 3.8) is 0 Å². The molecule has 3 aromatic rings.